The molecule has 6 nitrogen and oxygen atoms in total. The average Bonchev–Trinajstić information content (AvgIpc) is 2.67. The number of hydrogen-bond acceptors (Lipinski definition) is 4. The molecular formula is C21H24N2O4. The van der Waals surface area contributed by atoms with E-state index in [4.69, 9.17) is 4.74 Å². The highest BCUT2D eigenvalue weighted by Gasteiger charge is 2.13. The standard InChI is InChI=1S/C21H24N2O4/c1-3-16(17-8-5-4-6-9-17)13-22-20(25)14-27-21(26)18-10-7-11-19(12-18)23-15(2)24/h4-12,16H,3,13-14H2,1-2H3,(H,22,25)(H,23,24). The number of nitrogens with one attached hydrogen (secondary N) is 2. The number of esters is 1. The Kier molecular flexibility index (Phi) is 7.55. The molecule has 2 rings (SSSR count). The molecule has 0 saturated heterocycles. The molecule has 0 bridgehead atoms. The van der Waals surface area contributed by atoms with Gasteiger partial charge in [0.1, 0.15) is 0 Å². The topological polar surface area (TPSA) is 84.5 Å². The van der Waals surface area contributed by atoms with Gasteiger partial charge in [0.15, 0.2) is 6.61 Å². The third-order valence-corrected chi connectivity index (χ3v) is 4.06. The largest absolute Gasteiger partial charge is 0.452 e. The number of anilines is 1. The molecule has 0 aliphatic carbocycles. The molecule has 0 heterocycles. The highest BCUT2D eigenvalue weighted by Crippen LogP contribution is 2.18. The fourth-order valence-corrected chi connectivity index (χ4v) is 2.65. The fourth-order valence-electron chi connectivity index (χ4n) is 2.65. The van der Waals surface area contributed by atoms with Gasteiger partial charge in [0, 0.05) is 25.1 Å². The van der Waals surface area contributed by atoms with Crippen LogP contribution >= 0.6 is 0 Å². The van der Waals surface area contributed by atoms with Crippen molar-refractivity contribution in [3.8, 4) is 0 Å². The maximum atomic E-state index is 12.1. The molecule has 2 N–H and O–H groups in total. The van der Waals surface area contributed by atoms with Gasteiger partial charge in [-0.25, -0.2) is 4.79 Å². The second-order valence-electron chi connectivity index (χ2n) is 6.16. The van der Waals surface area contributed by atoms with Crippen molar-refractivity contribution in [2.75, 3.05) is 18.5 Å². The number of carbonyl (C=O) groups is 3. The first-order valence-corrected chi connectivity index (χ1v) is 8.86. The zero-order valence-electron chi connectivity index (χ0n) is 15.5. The number of benzene rings is 2. The maximum Gasteiger partial charge on any atom is 0.338 e. The van der Waals surface area contributed by atoms with E-state index in [-0.39, 0.29) is 29.9 Å². The lowest BCUT2D eigenvalue weighted by Gasteiger charge is -2.16. The van der Waals surface area contributed by atoms with Crippen LogP contribution in [0.5, 0.6) is 0 Å². The zero-order chi connectivity index (χ0) is 19.6. The van der Waals surface area contributed by atoms with Crippen LogP contribution in [0.4, 0.5) is 5.69 Å². The summed E-state index contributed by atoms with van der Waals surface area (Å²) in [5, 5.41) is 5.40. The molecule has 0 spiro atoms. The van der Waals surface area contributed by atoms with E-state index in [2.05, 4.69) is 17.6 Å². The summed E-state index contributed by atoms with van der Waals surface area (Å²) in [6, 6.07) is 16.3. The SMILES string of the molecule is CCC(CNC(=O)COC(=O)c1cccc(NC(C)=O)c1)c1ccccc1. The van der Waals surface area contributed by atoms with Crippen LogP contribution in [0.3, 0.4) is 0 Å². The molecule has 0 radical (unpaired) electrons. The van der Waals surface area contributed by atoms with E-state index in [1.807, 2.05) is 30.3 Å². The Balaban J connectivity index is 1.82. The first-order chi connectivity index (χ1) is 13.0. The lowest BCUT2D eigenvalue weighted by atomic mass is 9.96. The molecule has 2 aromatic carbocycles. The lowest BCUT2D eigenvalue weighted by molar-refractivity contribution is -0.124. The van der Waals surface area contributed by atoms with Gasteiger partial charge in [-0.2, -0.15) is 0 Å². The van der Waals surface area contributed by atoms with Crippen LogP contribution in [0.1, 0.15) is 42.1 Å². The molecule has 1 unspecified atom stereocenters. The van der Waals surface area contributed by atoms with E-state index in [0.717, 1.165) is 12.0 Å². The predicted molar refractivity (Wildman–Crippen MR) is 104 cm³/mol. The van der Waals surface area contributed by atoms with Gasteiger partial charge in [0.25, 0.3) is 5.91 Å². The molecule has 0 aromatic heterocycles. The van der Waals surface area contributed by atoms with Crippen LogP contribution in [0.15, 0.2) is 54.6 Å². The van der Waals surface area contributed by atoms with Gasteiger partial charge in [0.05, 0.1) is 5.56 Å². The average molecular weight is 368 g/mol. The Morgan fingerprint density at radius 1 is 1.04 bits per heavy atom. The van der Waals surface area contributed by atoms with Crippen molar-refractivity contribution < 1.29 is 19.1 Å². The molecule has 6 heteroatoms. The highest BCUT2D eigenvalue weighted by molar-refractivity contribution is 5.94. The summed E-state index contributed by atoms with van der Waals surface area (Å²) in [5.41, 5.74) is 1.92. The summed E-state index contributed by atoms with van der Waals surface area (Å²) < 4.78 is 5.06. The quantitative estimate of drug-likeness (QED) is 0.701. The van der Waals surface area contributed by atoms with E-state index in [1.54, 1.807) is 18.2 Å². The summed E-state index contributed by atoms with van der Waals surface area (Å²) in [5.74, 6) is -0.993. The minimum absolute atomic E-state index is 0.209. The van der Waals surface area contributed by atoms with Crippen molar-refractivity contribution in [2.45, 2.75) is 26.2 Å². The van der Waals surface area contributed by atoms with E-state index >= 15 is 0 Å². The molecule has 0 saturated carbocycles. The van der Waals surface area contributed by atoms with Gasteiger partial charge in [-0.1, -0.05) is 43.3 Å². The number of amides is 2. The molecule has 0 aliphatic rings. The molecule has 2 aromatic rings. The minimum Gasteiger partial charge on any atom is -0.452 e. The summed E-state index contributed by atoms with van der Waals surface area (Å²) in [6.07, 6.45) is 0.889. The summed E-state index contributed by atoms with van der Waals surface area (Å²) in [6.45, 7) is 3.57. The van der Waals surface area contributed by atoms with Gasteiger partial charge in [-0.3, -0.25) is 9.59 Å². The Labute approximate surface area is 158 Å². The predicted octanol–water partition coefficient (Wildman–Crippen LogP) is 3.11. The smallest absolute Gasteiger partial charge is 0.338 e. The first kappa shape index (κ1) is 20.2. The normalized spacial score (nSPS) is 11.3. The molecule has 0 aliphatic heterocycles. The van der Waals surface area contributed by atoms with Crippen molar-refractivity contribution in [3.05, 3.63) is 65.7 Å². The van der Waals surface area contributed by atoms with Gasteiger partial charge in [0.2, 0.25) is 5.91 Å². The first-order valence-electron chi connectivity index (χ1n) is 8.86. The van der Waals surface area contributed by atoms with Crippen LogP contribution in [0.25, 0.3) is 0 Å². The second kappa shape index (κ2) is 10.1. The molecule has 2 amide bonds. The summed E-state index contributed by atoms with van der Waals surface area (Å²) in [4.78, 5) is 35.2. The molecule has 142 valence electrons. The number of rotatable bonds is 8. The van der Waals surface area contributed by atoms with Crippen LogP contribution in [-0.2, 0) is 14.3 Å². The monoisotopic (exact) mass is 368 g/mol. The van der Waals surface area contributed by atoms with Crippen molar-refractivity contribution in [1.82, 2.24) is 5.32 Å². The molecule has 27 heavy (non-hydrogen) atoms. The van der Waals surface area contributed by atoms with E-state index in [9.17, 15) is 14.4 Å². The zero-order valence-corrected chi connectivity index (χ0v) is 15.5. The van der Waals surface area contributed by atoms with Gasteiger partial charge < -0.3 is 15.4 Å². The van der Waals surface area contributed by atoms with Crippen LogP contribution in [0.2, 0.25) is 0 Å². The summed E-state index contributed by atoms with van der Waals surface area (Å²) >= 11 is 0. The minimum atomic E-state index is -0.618. The Bertz CT molecular complexity index is 790. The van der Waals surface area contributed by atoms with Crippen molar-refractivity contribution in [1.29, 1.82) is 0 Å². The fraction of sp³-hybridized carbons (Fsp3) is 0.286. The van der Waals surface area contributed by atoms with Crippen molar-refractivity contribution in [3.63, 3.8) is 0 Å². The van der Waals surface area contributed by atoms with Crippen molar-refractivity contribution in [2.24, 2.45) is 0 Å². The van der Waals surface area contributed by atoms with Crippen LogP contribution < -0.4 is 10.6 Å². The highest BCUT2D eigenvalue weighted by atomic mass is 16.5. The van der Waals surface area contributed by atoms with E-state index < -0.39 is 5.97 Å². The van der Waals surface area contributed by atoms with Gasteiger partial charge >= 0.3 is 5.97 Å². The third-order valence-electron chi connectivity index (χ3n) is 4.06. The van der Waals surface area contributed by atoms with E-state index in [1.165, 1.54) is 13.0 Å². The van der Waals surface area contributed by atoms with Crippen molar-refractivity contribution >= 4 is 23.5 Å². The summed E-state index contributed by atoms with van der Waals surface area (Å²) in [7, 11) is 0. The number of carbonyl (C=O) groups excluding carboxylic acids is 3. The molecular weight excluding hydrogens is 344 g/mol. The lowest BCUT2D eigenvalue weighted by Crippen LogP contribution is -2.32. The Morgan fingerprint density at radius 3 is 2.44 bits per heavy atom. The molecule has 0 fully saturated rings. The third kappa shape index (κ3) is 6.58. The Hall–Kier alpha value is -3.15. The van der Waals surface area contributed by atoms with Crippen LogP contribution in [0, 0.1) is 0 Å². The molecule has 1 atom stereocenters. The second-order valence-corrected chi connectivity index (χ2v) is 6.16. The van der Waals surface area contributed by atoms with Gasteiger partial charge in [-0.15, -0.1) is 0 Å². The van der Waals surface area contributed by atoms with Crippen LogP contribution in [-0.4, -0.2) is 30.9 Å². The maximum absolute atomic E-state index is 12.1. The number of ether oxygens (including phenoxy) is 1. The van der Waals surface area contributed by atoms with E-state index in [0.29, 0.717) is 12.2 Å². The Morgan fingerprint density at radius 2 is 1.78 bits per heavy atom. The van der Waals surface area contributed by atoms with Gasteiger partial charge in [-0.05, 0) is 30.2 Å². The number of hydrogen-bond donors (Lipinski definition) is 2.